The van der Waals surface area contributed by atoms with Gasteiger partial charge in [0.05, 0.1) is 11.1 Å². The normalized spacial score (nSPS) is 31.6. The molecule has 0 amide bonds. The molecule has 0 bridgehead atoms. The summed E-state index contributed by atoms with van der Waals surface area (Å²) in [7, 11) is 0. The van der Waals surface area contributed by atoms with Crippen molar-refractivity contribution in [2.75, 3.05) is 18.8 Å². The van der Waals surface area contributed by atoms with Gasteiger partial charge < -0.3 is 11.1 Å². The molecule has 1 saturated heterocycles. The second-order valence-electron chi connectivity index (χ2n) is 4.43. The summed E-state index contributed by atoms with van der Waals surface area (Å²) in [5, 5.41) is 4.58. The molecule has 0 saturated carbocycles. The smallest absolute Gasteiger partial charge is 0.0649 e. The fourth-order valence-corrected chi connectivity index (χ4v) is 3.10. The highest BCUT2D eigenvalue weighted by atomic mass is 32.2. The first-order valence-corrected chi connectivity index (χ1v) is 6.33. The average molecular weight is 213 g/mol. The van der Waals surface area contributed by atoms with Gasteiger partial charge in [-0.25, -0.2) is 0 Å². The van der Waals surface area contributed by atoms with Crippen molar-refractivity contribution in [3.8, 4) is 0 Å². The predicted octanol–water partition coefficient (Wildman–Crippen LogP) is 0.991. The van der Waals surface area contributed by atoms with E-state index in [0.717, 1.165) is 38.1 Å². The van der Waals surface area contributed by atoms with E-state index in [0.29, 0.717) is 6.04 Å². The fraction of sp³-hybridized carbons (Fsp3) is 0.900. The SMILES string of the molecule is CC1=NC(CC2(N)CCNCC2)CS1. The Morgan fingerprint density at radius 3 is 2.86 bits per heavy atom. The van der Waals surface area contributed by atoms with E-state index in [9.17, 15) is 0 Å². The second kappa shape index (κ2) is 4.21. The summed E-state index contributed by atoms with van der Waals surface area (Å²) in [4.78, 5) is 4.61. The van der Waals surface area contributed by atoms with Gasteiger partial charge in [-0.2, -0.15) is 0 Å². The zero-order chi connectivity index (χ0) is 10.0. The third-order valence-electron chi connectivity index (χ3n) is 3.09. The Hall–Kier alpha value is -0.0600. The van der Waals surface area contributed by atoms with Crippen LogP contribution >= 0.6 is 11.8 Å². The minimum Gasteiger partial charge on any atom is -0.325 e. The number of nitrogens with zero attached hydrogens (tertiary/aromatic N) is 1. The lowest BCUT2D eigenvalue weighted by molar-refractivity contribution is 0.279. The number of piperidine rings is 1. The van der Waals surface area contributed by atoms with Gasteiger partial charge in [-0.3, -0.25) is 4.99 Å². The highest BCUT2D eigenvalue weighted by Gasteiger charge is 2.31. The maximum Gasteiger partial charge on any atom is 0.0649 e. The van der Waals surface area contributed by atoms with Crippen LogP contribution in [0.1, 0.15) is 26.2 Å². The Labute approximate surface area is 89.9 Å². The van der Waals surface area contributed by atoms with E-state index in [1.165, 1.54) is 5.04 Å². The first-order chi connectivity index (χ1) is 6.68. The lowest BCUT2D eigenvalue weighted by atomic mass is 9.84. The van der Waals surface area contributed by atoms with Gasteiger partial charge in [-0.1, -0.05) is 0 Å². The Balaban J connectivity index is 1.89. The number of rotatable bonds is 2. The van der Waals surface area contributed by atoms with E-state index in [4.69, 9.17) is 5.73 Å². The first kappa shape index (κ1) is 10.5. The van der Waals surface area contributed by atoms with Gasteiger partial charge in [0.1, 0.15) is 0 Å². The molecular weight excluding hydrogens is 194 g/mol. The van der Waals surface area contributed by atoms with E-state index in [1.54, 1.807) is 0 Å². The van der Waals surface area contributed by atoms with Gasteiger partial charge >= 0.3 is 0 Å². The quantitative estimate of drug-likeness (QED) is 0.719. The van der Waals surface area contributed by atoms with E-state index in [1.807, 2.05) is 11.8 Å². The van der Waals surface area contributed by atoms with Crippen LogP contribution in [-0.2, 0) is 0 Å². The maximum absolute atomic E-state index is 6.37. The summed E-state index contributed by atoms with van der Waals surface area (Å²) in [5.74, 6) is 1.14. The molecule has 80 valence electrons. The van der Waals surface area contributed by atoms with Crippen LogP contribution in [0.2, 0.25) is 0 Å². The largest absolute Gasteiger partial charge is 0.325 e. The molecule has 0 radical (unpaired) electrons. The van der Waals surface area contributed by atoms with Crippen molar-refractivity contribution in [3.05, 3.63) is 0 Å². The van der Waals surface area contributed by atoms with Gasteiger partial charge in [0, 0.05) is 11.3 Å². The van der Waals surface area contributed by atoms with Crippen LogP contribution in [0.3, 0.4) is 0 Å². The molecule has 0 aromatic rings. The number of hydrogen-bond donors (Lipinski definition) is 2. The molecule has 3 N–H and O–H groups in total. The van der Waals surface area contributed by atoms with E-state index >= 15 is 0 Å². The molecule has 1 fully saturated rings. The molecule has 0 aromatic carbocycles. The van der Waals surface area contributed by atoms with Gasteiger partial charge in [-0.05, 0) is 39.3 Å². The molecule has 2 rings (SSSR count). The maximum atomic E-state index is 6.37. The number of thioether (sulfide) groups is 1. The molecule has 0 aliphatic carbocycles. The Kier molecular flexibility index (Phi) is 3.14. The van der Waals surface area contributed by atoms with Gasteiger partial charge in [0.2, 0.25) is 0 Å². The molecule has 4 heteroatoms. The topological polar surface area (TPSA) is 50.4 Å². The standard InChI is InChI=1S/C10H19N3S/c1-8-13-9(7-14-8)6-10(11)2-4-12-5-3-10/h9,12H,2-7,11H2,1H3. The van der Waals surface area contributed by atoms with Crippen molar-refractivity contribution in [2.24, 2.45) is 10.7 Å². The van der Waals surface area contributed by atoms with Crippen LogP contribution in [0.4, 0.5) is 0 Å². The second-order valence-corrected chi connectivity index (χ2v) is 5.64. The number of hydrogen-bond acceptors (Lipinski definition) is 4. The Bertz CT molecular complexity index is 234. The third kappa shape index (κ3) is 2.49. The van der Waals surface area contributed by atoms with E-state index in [-0.39, 0.29) is 5.54 Å². The highest BCUT2D eigenvalue weighted by Crippen LogP contribution is 2.27. The van der Waals surface area contributed by atoms with Crippen molar-refractivity contribution in [1.29, 1.82) is 0 Å². The van der Waals surface area contributed by atoms with Gasteiger partial charge in [-0.15, -0.1) is 11.8 Å². The van der Waals surface area contributed by atoms with Crippen LogP contribution in [-0.4, -0.2) is 35.5 Å². The van der Waals surface area contributed by atoms with E-state index < -0.39 is 0 Å². The molecule has 2 aliphatic rings. The van der Waals surface area contributed by atoms with Gasteiger partial charge in [0.15, 0.2) is 0 Å². The molecule has 2 heterocycles. The van der Waals surface area contributed by atoms with Crippen LogP contribution in [0, 0.1) is 0 Å². The minimum atomic E-state index is 0.0462. The molecule has 2 aliphatic heterocycles. The van der Waals surface area contributed by atoms with Crippen molar-refractivity contribution in [2.45, 2.75) is 37.8 Å². The summed E-state index contributed by atoms with van der Waals surface area (Å²) in [6.07, 6.45) is 3.27. The van der Waals surface area contributed by atoms with E-state index in [2.05, 4.69) is 17.2 Å². The van der Waals surface area contributed by atoms with Crippen molar-refractivity contribution in [3.63, 3.8) is 0 Å². The van der Waals surface area contributed by atoms with Crippen LogP contribution < -0.4 is 11.1 Å². The summed E-state index contributed by atoms with van der Waals surface area (Å²) in [6, 6.07) is 0.475. The summed E-state index contributed by atoms with van der Waals surface area (Å²) in [6.45, 7) is 4.23. The fourth-order valence-electron chi connectivity index (χ4n) is 2.25. The lowest BCUT2D eigenvalue weighted by Gasteiger charge is -2.35. The molecule has 3 nitrogen and oxygen atoms in total. The number of nitrogens with two attached hydrogens (primary N) is 1. The van der Waals surface area contributed by atoms with Crippen molar-refractivity contribution in [1.82, 2.24) is 5.32 Å². The minimum absolute atomic E-state index is 0.0462. The first-order valence-electron chi connectivity index (χ1n) is 5.35. The average Bonchev–Trinajstić information content (AvgIpc) is 2.51. The monoisotopic (exact) mass is 213 g/mol. The summed E-state index contributed by atoms with van der Waals surface area (Å²) in [5.41, 5.74) is 6.41. The number of aliphatic imine (C=N–C) groups is 1. The predicted molar refractivity (Wildman–Crippen MR) is 63.0 cm³/mol. The zero-order valence-corrected chi connectivity index (χ0v) is 9.57. The van der Waals surface area contributed by atoms with Crippen molar-refractivity contribution < 1.29 is 0 Å². The lowest BCUT2D eigenvalue weighted by Crippen LogP contribution is -2.50. The Morgan fingerprint density at radius 2 is 2.29 bits per heavy atom. The van der Waals surface area contributed by atoms with Crippen LogP contribution in [0.5, 0.6) is 0 Å². The molecule has 1 atom stereocenters. The highest BCUT2D eigenvalue weighted by molar-refractivity contribution is 8.14. The molecule has 14 heavy (non-hydrogen) atoms. The third-order valence-corrected chi connectivity index (χ3v) is 4.17. The van der Waals surface area contributed by atoms with Gasteiger partial charge in [0.25, 0.3) is 0 Å². The molecule has 0 aromatic heterocycles. The summed E-state index contributed by atoms with van der Waals surface area (Å²) < 4.78 is 0. The van der Waals surface area contributed by atoms with Crippen LogP contribution in [0.15, 0.2) is 4.99 Å². The Morgan fingerprint density at radius 1 is 1.57 bits per heavy atom. The van der Waals surface area contributed by atoms with Crippen LogP contribution in [0.25, 0.3) is 0 Å². The molecule has 1 unspecified atom stereocenters. The molecular formula is C10H19N3S. The molecule has 0 spiro atoms. The summed E-state index contributed by atoms with van der Waals surface area (Å²) >= 11 is 1.87. The number of nitrogens with one attached hydrogen (secondary N) is 1. The van der Waals surface area contributed by atoms with Crippen molar-refractivity contribution >= 4 is 16.8 Å². The zero-order valence-electron chi connectivity index (χ0n) is 8.75.